The van der Waals surface area contributed by atoms with Crippen LogP contribution in [0.4, 0.5) is 0 Å². The molecule has 2 fully saturated rings. The average Bonchev–Trinajstić information content (AvgIpc) is 2.76. The second kappa shape index (κ2) is 4.97. The topological polar surface area (TPSA) is 0 Å². The van der Waals surface area contributed by atoms with Crippen molar-refractivity contribution in [1.82, 2.24) is 0 Å². The van der Waals surface area contributed by atoms with Gasteiger partial charge in [-0.3, -0.25) is 0 Å². The van der Waals surface area contributed by atoms with Crippen LogP contribution in [0, 0.1) is 33.7 Å². The van der Waals surface area contributed by atoms with Gasteiger partial charge in [0.25, 0.3) is 0 Å². The van der Waals surface area contributed by atoms with Crippen LogP contribution >= 0.6 is 22.6 Å². The van der Waals surface area contributed by atoms with Crippen LogP contribution in [-0.4, -0.2) is 0 Å². The van der Waals surface area contributed by atoms with Crippen molar-refractivity contribution < 1.29 is 0 Å². The Bertz CT molecular complexity index is 575. The van der Waals surface area contributed by atoms with Crippen LogP contribution in [-0.2, 0) is 6.42 Å². The first-order valence-corrected chi connectivity index (χ1v) is 9.87. The highest BCUT2D eigenvalue weighted by molar-refractivity contribution is 14.1. The fraction of sp³-hybridized carbons (Fsp3) is 0.700. The van der Waals surface area contributed by atoms with E-state index in [2.05, 4.69) is 55.5 Å². The first kappa shape index (κ1) is 14.5. The molecular weight excluding hydrogens is 367 g/mol. The van der Waals surface area contributed by atoms with Gasteiger partial charge in [0.15, 0.2) is 0 Å². The van der Waals surface area contributed by atoms with Crippen molar-refractivity contribution in [2.45, 2.75) is 65.2 Å². The summed E-state index contributed by atoms with van der Waals surface area (Å²) in [6.07, 6.45) is 8.65. The molecule has 0 bridgehead atoms. The molecule has 0 heterocycles. The summed E-state index contributed by atoms with van der Waals surface area (Å²) in [4.78, 5) is 0. The van der Waals surface area contributed by atoms with Crippen molar-refractivity contribution >= 4 is 22.6 Å². The molecule has 0 aromatic heterocycles. The Balaban J connectivity index is 1.73. The zero-order chi connectivity index (χ0) is 14.8. The van der Waals surface area contributed by atoms with E-state index in [4.69, 9.17) is 0 Å². The monoisotopic (exact) mass is 394 g/mol. The van der Waals surface area contributed by atoms with Crippen molar-refractivity contribution in [3.8, 4) is 0 Å². The SMILES string of the molecule is Cc1cc2c(cc1I)[C@H]1CC[C@]3(C)[C@@H](C)CC[C@H]3[C@@H]1CC2. The van der Waals surface area contributed by atoms with Gasteiger partial charge in [-0.25, -0.2) is 0 Å². The highest BCUT2D eigenvalue weighted by Crippen LogP contribution is 2.62. The Labute approximate surface area is 143 Å². The van der Waals surface area contributed by atoms with Crippen molar-refractivity contribution in [2.75, 3.05) is 0 Å². The van der Waals surface area contributed by atoms with Gasteiger partial charge in [-0.15, -0.1) is 0 Å². The van der Waals surface area contributed by atoms with Crippen LogP contribution in [0.2, 0.25) is 0 Å². The van der Waals surface area contributed by atoms with Crippen molar-refractivity contribution in [3.05, 3.63) is 32.4 Å². The van der Waals surface area contributed by atoms with Crippen LogP contribution in [0.3, 0.4) is 0 Å². The normalized spacial score (nSPS) is 41.3. The lowest BCUT2D eigenvalue weighted by Crippen LogP contribution is -2.41. The molecule has 0 amide bonds. The highest BCUT2D eigenvalue weighted by Gasteiger charge is 2.53. The van der Waals surface area contributed by atoms with Gasteiger partial charge in [0.1, 0.15) is 0 Å². The molecule has 21 heavy (non-hydrogen) atoms. The number of fused-ring (bicyclic) bond motifs is 5. The molecule has 5 atom stereocenters. The summed E-state index contributed by atoms with van der Waals surface area (Å²) < 4.78 is 1.47. The van der Waals surface area contributed by atoms with Crippen LogP contribution in [0.15, 0.2) is 12.1 Å². The maximum Gasteiger partial charge on any atom is 0.0162 e. The van der Waals surface area contributed by atoms with Crippen LogP contribution < -0.4 is 0 Å². The van der Waals surface area contributed by atoms with E-state index in [9.17, 15) is 0 Å². The minimum atomic E-state index is 0.649. The van der Waals surface area contributed by atoms with Crippen LogP contribution in [0.25, 0.3) is 0 Å². The van der Waals surface area contributed by atoms with E-state index in [1.807, 2.05) is 0 Å². The second-order valence-corrected chi connectivity index (χ2v) is 9.40. The molecule has 0 nitrogen and oxygen atoms in total. The van der Waals surface area contributed by atoms with Gasteiger partial charge in [0.2, 0.25) is 0 Å². The molecule has 114 valence electrons. The maximum atomic E-state index is 2.61. The molecule has 0 radical (unpaired) electrons. The molecule has 0 N–H and O–H groups in total. The number of benzene rings is 1. The number of hydrogen-bond acceptors (Lipinski definition) is 0. The lowest BCUT2D eigenvalue weighted by molar-refractivity contribution is 0.0336. The lowest BCUT2D eigenvalue weighted by Gasteiger charge is -2.50. The first-order chi connectivity index (χ1) is 10.0. The van der Waals surface area contributed by atoms with E-state index in [1.54, 1.807) is 11.1 Å². The largest absolute Gasteiger partial charge is 0.0620 e. The van der Waals surface area contributed by atoms with Gasteiger partial charge in [0.05, 0.1) is 0 Å². The predicted molar refractivity (Wildman–Crippen MR) is 97.7 cm³/mol. The third-order valence-corrected chi connectivity index (χ3v) is 8.64. The summed E-state index contributed by atoms with van der Waals surface area (Å²) in [5.74, 6) is 3.78. The molecular formula is C20H27I. The average molecular weight is 394 g/mol. The van der Waals surface area contributed by atoms with Crippen molar-refractivity contribution in [2.24, 2.45) is 23.2 Å². The van der Waals surface area contributed by atoms with Gasteiger partial charge < -0.3 is 0 Å². The van der Waals surface area contributed by atoms with E-state index >= 15 is 0 Å². The molecule has 2 saturated carbocycles. The van der Waals surface area contributed by atoms with E-state index in [-0.39, 0.29) is 0 Å². The Kier molecular flexibility index (Phi) is 3.44. The summed E-state index contributed by atoms with van der Waals surface area (Å²) >= 11 is 2.53. The Morgan fingerprint density at radius 2 is 1.95 bits per heavy atom. The van der Waals surface area contributed by atoms with E-state index in [1.165, 1.54) is 47.7 Å². The van der Waals surface area contributed by atoms with Crippen LogP contribution in [0.1, 0.15) is 68.6 Å². The third kappa shape index (κ3) is 2.05. The summed E-state index contributed by atoms with van der Waals surface area (Å²) in [7, 11) is 0. The zero-order valence-corrected chi connectivity index (χ0v) is 15.7. The fourth-order valence-corrected chi connectivity index (χ4v) is 6.47. The standard InChI is InChI=1S/C20H27I/c1-12-10-14-5-6-16-15(17(14)11-19(12)21)8-9-20(3)13(2)4-7-18(16)20/h10-11,13,15-16,18H,4-9H2,1-3H3/t13-,15-,16+,18-,20+/m0/s1. The maximum absolute atomic E-state index is 2.61. The van der Waals surface area contributed by atoms with Crippen LogP contribution in [0.5, 0.6) is 0 Å². The molecule has 1 heteroatoms. The quantitative estimate of drug-likeness (QED) is 0.467. The smallest absolute Gasteiger partial charge is 0.0162 e. The molecule has 3 aliphatic rings. The molecule has 0 saturated heterocycles. The molecule has 0 spiro atoms. The number of halogens is 1. The minimum absolute atomic E-state index is 0.649. The van der Waals surface area contributed by atoms with Gasteiger partial charge in [-0.05, 0) is 120 Å². The second-order valence-electron chi connectivity index (χ2n) is 8.24. The van der Waals surface area contributed by atoms with E-state index in [0.29, 0.717) is 5.41 Å². The highest BCUT2D eigenvalue weighted by atomic mass is 127. The number of aryl methyl sites for hydroxylation is 2. The number of rotatable bonds is 0. The minimum Gasteiger partial charge on any atom is -0.0620 e. The molecule has 1 aromatic carbocycles. The molecule has 0 unspecified atom stereocenters. The summed E-state index contributed by atoms with van der Waals surface area (Å²) in [5, 5.41) is 0. The fourth-order valence-electron chi connectivity index (χ4n) is 5.98. The summed E-state index contributed by atoms with van der Waals surface area (Å²) in [6, 6.07) is 5.02. The van der Waals surface area contributed by atoms with Gasteiger partial charge in [0, 0.05) is 3.57 Å². The molecule has 0 aliphatic heterocycles. The first-order valence-electron chi connectivity index (χ1n) is 8.79. The van der Waals surface area contributed by atoms with Gasteiger partial charge in [-0.1, -0.05) is 19.9 Å². The summed E-state index contributed by atoms with van der Waals surface area (Å²) in [6.45, 7) is 7.40. The van der Waals surface area contributed by atoms with Crippen molar-refractivity contribution in [3.63, 3.8) is 0 Å². The van der Waals surface area contributed by atoms with Crippen molar-refractivity contribution in [1.29, 1.82) is 0 Å². The number of hydrogen-bond donors (Lipinski definition) is 0. The van der Waals surface area contributed by atoms with Gasteiger partial charge in [-0.2, -0.15) is 0 Å². The third-order valence-electron chi connectivity index (χ3n) is 7.48. The molecule has 1 aromatic rings. The lowest BCUT2D eigenvalue weighted by atomic mass is 9.54. The predicted octanol–water partition coefficient (Wildman–Crippen LogP) is 6.09. The molecule has 3 aliphatic carbocycles. The Morgan fingerprint density at radius 1 is 1.14 bits per heavy atom. The van der Waals surface area contributed by atoms with E-state index < -0.39 is 0 Å². The zero-order valence-electron chi connectivity index (χ0n) is 13.6. The van der Waals surface area contributed by atoms with Gasteiger partial charge >= 0.3 is 0 Å². The van der Waals surface area contributed by atoms with E-state index in [0.717, 1.165) is 23.7 Å². The molecule has 4 rings (SSSR count). The summed E-state index contributed by atoms with van der Waals surface area (Å²) in [5.41, 5.74) is 5.52. The Morgan fingerprint density at radius 3 is 2.76 bits per heavy atom. The Hall–Kier alpha value is -0.0500.